The number of anilines is 1. The predicted octanol–water partition coefficient (Wildman–Crippen LogP) is 3.80. The average Bonchev–Trinajstić information content (AvgIpc) is 3.32. The van der Waals surface area contributed by atoms with E-state index in [1.165, 1.54) is 44.9 Å². The fraction of sp³-hybridized carbons (Fsp3) is 0.750. The van der Waals surface area contributed by atoms with Gasteiger partial charge in [-0.1, -0.05) is 19.3 Å². The highest BCUT2D eigenvalue weighted by molar-refractivity contribution is 9.10. The summed E-state index contributed by atoms with van der Waals surface area (Å²) in [4.78, 5) is 12.3. The Morgan fingerprint density at radius 3 is 2.71 bits per heavy atom. The molecule has 0 amide bonds. The molecule has 1 aromatic heterocycles. The van der Waals surface area contributed by atoms with E-state index >= 15 is 0 Å². The van der Waals surface area contributed by atoms with E-state index in [4.69, 9.17) is 0 Å². The molecule has 4 nitrogen and oxygen atoms in total. The van der Waals surface area contributed by atoms with Crippen LogP contribution >= 0.6 is 15.9 Å². The van der Waals surface area contributed by atoms with Crippen LogP contribution in [0.15, 0.2) is 15.5 Å². The molecule has 2 fully saturated rings. The highest BCUT2D eigenvalue weighted by Crippen LogP contribution is 2.31. The molecule has 1 unspecified atom stereocenters. The van der Waals surface area contributed by atoms with Crippen LogP contribution in [0.4, 0.5) is 5.69 Å². The van der Waals surface area contributed by atoms with Gasteiger partial charge >= 0.3 is 0 Å². The lowest BCUT2D eigenvalue weighted by atomic mass is 9.84. The number of nitrogens with one attached hydrogen (secondary N) is 1. The summed E-state index contributed by atoms with van der Waals surface area (Å²) in [7, 11) is 0. The van der Waals surface area contributed by atoms with E-state index in [1.54, 1.807) is 10.9 Å². The van der Waals surface area contributed by atoms with Crippen molar-refractivity contribution in [2.75, 3.05) is 5.32 Å². The molecule has 2 saturated carbocycles. The van der Waals surface area contributed by atoms with Gasteiger partial charge in [0.05, 0.1) is 11.9 Å². The lowest BCUT2D eigenvalue weighted by molar-refractivity contribution is 0.328. The molecule has 3 rings (SSSR count). The molecule has 116 valence electrons. The quantitative estimate of drug-likeness (QED) is 0.875. The van der Waals surface area contributed by atoms with Crippen molar-refractivity contribution < 1.29 is 0 Å². The second-order valence-electron chi connectivity index (χ2n) is 6.63. The van der Waals surface area contributed by atoms with Gasteiger partial charge < -0.3 is 5.32 Å². The minimum absolute atomic E-state index is 0.0113. The molecular formula is C16H24BrN3O. The third-order valence-corrected chi connectivity index (χ3v) is 5.62. The van der Waals surface area contributed by atoms with E-state index in [2.05, 4.69) is 33.3 Å². The Balaban J connectivity index is 1.69. The fourth-order valence-corrected chi connectivity index (χ4v) is 3.66. The molecule has 5 heteroatoms. The summed E-state index contributed by atoms with van der Waals surface area (Å²) in [6.07, 6.45) is 10.9. The molecule has 21 heavy (non-hydrogen) atoms. The van der Waals surface area contributed by atoms with Crippen molar-refractivity contribution in [2.24, 2.45) is 11.8 Å². The molecule has 1 N–H and O–H groups in total. The van der Waals surface area contributed by atoms with Crippen molar-refractivity contribution in [1.82, 2.24) is 9.78 Å². The number of rotatable bonds is 5. The highest BCUT2D eigenvalue weighted by Gasteiger charge is 2.24. The topological polar surface area (TPSA) is 46.9 Å². The van der Waals surface area contributed by atoms with Crippen molar-refractivity contribution in [3.63, 3.8) is 0 Å². The number of hydrogen-bond acceptors (Lipinski definition) is 3. The predicted molar refractivity (Wildman–Crippen MR) is 88.6 cm³/mol. The van der Waals surface area contributed by atoms with Crippen molar-refractivity contribution >= 4 is 21.6 Å². The Morgan fingerprint density at radius 2 is 2.05 bits per heavy atom. The van der Waals surface area contributed by atoms with Crippen LogP contribution < -0.4 is 10.9 Å². The first-order chi connectivity index (χ1) is 10.1. The maximum Gasteiger partial charge on any atom is 0.283 e. The fourth-order valence-electron chi connectivity index (χ4n) is 3.24. The molecule has 1 aromatic rings. The van der Waals surface area contributed by atoms with E-state index in [-0.39, 0.29) is 5.56 Å². The number of halogens is 1. The molecule has 2 aliphatic carbocycles. The maximum atomic E-state index is 12.3. The normalized spacial score (nSPS) is 21.2. The highest BCUT2D eigenvalue weighted by atomic mass is 79.9. The SMILES string of the molecule is CC(Nc1cnn(CC2CC2)c(=O)c1Br)C1CCCCC1. The van der Waals surface area contributed by atoms with Gasteiger partial charge in [0, 0.05) is 12.6 Å². The number of hydrogen-bond donors (Lipinski definition) is 1. The van der Waals surface area contributed by atoms with Crippen LogP contribution in [0.3, 0.4) is 0 Å². The summed E-state index contributed by atoms with van der Waals surface area (Å²) in [6, 6.07) is 0.391. The summed E-state index contributed by atoms with van der Waals surface area (Å²) in [5.74, 6) is 1.36. The van der Waals surface area contributed by atoms with Crippen molar-refractivity contribution in [3.8, 4) is 0 Å². The molecule has 0 radical (unpaired) electrons. The Labute approximate surface area is 134 Å². The first-order valence-corrected chi connectivity index (χ1v) is 8.96. The van der Waals surface area contributed by atoms with E-state index in [9.17, 15) is 4.79 Å². The summed E-state index contributed by atoms with van der Waals surface area (Å²) >= 11 is 3.46. The van der Waals surface area contributed by atoms with Crippen LogP contribution in [0.5, 0.6) is 0 Å². The second-order valence-corrected chi connectivity index (χ2v) is 7.43. The molecule has 1 atom stereocenters. The second kappa shape index (κ2) is 6.51. The minimum atomic E-state index is -0.0113. The molecule has 0 aliphatic heterocycles. The average molecular weight is 354 g/mol. The van der Waals surface area contributed by atoms with Gasteiger partial charge in [0.25, 0.3) is 5.56 Å². The first kappa shape index (κ1) is 15.1. The standard InChI is InChI=1S/C16H24BrN3O/c1-11(13-5-3-2-4-6-13)19-14-9-18-20(10-12-7-8-12)16(21)15(14)17/h9,11-13,19H,2-8,10H2,1H3. The summed E-state index contributed by atoms with van der Waals surface area (Å²) in [6.45, 7) is 2.98. The van der Waals surface area contributed by atoms with Crippen molar-refractivity contribution in [1.29, 1.82) is 0 Å². The largest absolute Gasteiger partial charge is 0.380 e. The lowest BCUT2D eigenvalue weighted by Crippen LogP contribution is -2.30. The molecule has 0 spiro atoms. The zero-order valence-electron chi connectivity index (χ0n) is 12.6. The van der Waals surface area contributed by atoms with Crippen LogP contribution in [0, 0.1) is 11.8 Å². The van der Waals surface area contributed by atoms with Gasteiger partial charge in [0.1, 0.15) is 4.47 Å². The monoisotopic (exact) mass is 353 g/mol. The number of nitrogens with zero attached hydrogens (tertiary/aromatic N) is 2. The van der Waals surface area contributed by atoms with Crippen LogP contribution in [0.25, 0.3) is 0 Å². The van der Waals surface area contributed by atoms with Gasteiger partial charge in [-0.15, -0.1) is 0 Å². The summed E-state index contributed by atoms with van der Waals surface area (Å²) in [5.41, 5.74) is 0.827. The minimum Gasteiger partial charge on any atom is -0.380 e. The first-order valence-electron chi connectivity index (χ1n) is 8.17. The van der Waals surface area contributed by atoms with E-state index in [1.807, 2.05) is 0 Å². The van der Waals surface area contributed by atoms with Crippen LogP contribution in [0.2, 0.25) is 0 Å². The third-order valence-electron chi connectivity index (χ3n) is 4.85. The molecule has 1 heterocycles. The van der Waals surface area contributed by atoms with Gasteiger partial charge in [-0.25, -0.2) is 4.68 Å². The zero-order chi connectivity index (χ0) is 14.8. The molecular weight excluding hydrogens is 330 g/mol. The van der Waals surface area contributed by atoms with Gasteiger partial charge in [0.15, 0.2) is 0 Å². The van der Waals surface area contributed by atoms with Gasteiger partial charge in [-0.05, 0) is 60.4 Å². The third kappa shape index (κ3) is 3.68. The molecule has 0 bridgehead atoms. The van der Waals surface area contributed by atoms with Crippen molar-refractivity contribution in [2.45, 2.75) is 64.5 Å². The Morgan fingerprint density at radius 1 is 1.33 bits per heavy atom. The molecule has 0 aromatic carbocycles. The molecule has 2 aliphatic rings. The molecule has 0 saturated heterocycles. The van der Waals surface area contributed by atoms with E-state index in [0.29, 0.717) is 22.4 Å². The van der Waals surface area contributed by atoms with Crippen LogP contribution in [-0.2, 0) is 6.54 Å². The summed E-state index contributed by atoms with van der Waals surface area (Å²) < 4.78 is 2.22. The van der Waals surface area contributed by atoms with E-state index in [0.717, 1.165) is 12.2 Å². The summed E-state index contributed by atoms with van der Waals surface area (Å²) in [5, 5.41) is 7.82. The van der Waals surface area contributed by atoms with Crippen LogP contribution in [-0.4, -0.2) is 15.8 Å². The van der Waals surface area contributed by atoms with Crippen LogP contribution in [0.1, 0.15) is 51.9 Å². The van der Waals surface area contributed by atoms with Gasteiger partial charge in [-0.2, -0.15) is 5.10 Å². The van der Waals surface area contributed by atoms with E-state index < -0.39 is 0 Å². The van der Waals surface area contributed by atoms with Crippen molar-refractivity contribution in [3.05, 3.63) is 21.0 Å². The van der Waals surface area contributed by atoms with Gasteiger partial charge in [-0.3, -0.25) is 4.79 Å². The maximum absolute atomic E-state index is 12.3. The Kier molecular flexibility index (Phi) is 4.67. The lowest BCUT2D eigenvalue weighted by Gasteiger charge is -2.29. The zero-order valence-corrected chi connectivity index (χ0v) is 14.2. The Bertz CT molecular complexity index is 547. The van der Waals surface area contributed by atoms with Gasteiger partial charge in [0.2, 0.25) is 0 Å². The smallest absolute Gasteiger partial charge is 0.283 e. The Hall–Kier alpha value is -0.840. The number of aromatic nitrogens is 2.